The van der Waals surface area contributed by atoms with Crippen molar-refractivity contribution in [3.63, 3.8) is 0 Å². The Hall–Kier alpha value is -1.35. The van der Waals surface area contributed by atoms with Gasteiger partial charge in [0.05, 0.1) is 0 Å². The van der Waals surface area contributed by atoms with Gasteiger partial charge in [-0.2, -0.15) is 0 Å². The van der Waals surface area contributed by atoms with Crippen LogP contribution in [-0.2, 0) is 10.4 Å². The van der Waals surface area contributed by atoms with Crippen LogP contribution in [0.5, 0.6) is 0 Å². The Morgan fingerprint density at radius 1 is 1.41 bits per heavy atom. The van der Waals surface area contributed by atoms with Gasteiger partial charge in [-0.05, 0) is 18.4 Å². The van der Waals surface area contributed by atoms with E-state index in [-0.39, 0.29) is 5.91 Å². The van der Waals surface area contributed by atoms with Crippen LogP contribution in [0.3, 0.4) is 0 Å². The van der Waals surface area contributed by atoms with Crippen molar-refractivity contribution >= 4 is 11.6 Å². The first-order chi connectivity index (χ1) is 8.08. The third-order valence-corrected chi connectivity index (χ3v) is 3.42. The molecule has 92 valence electrons. The molecule has 0 aromatic heterocycles. The Labute approximate surface area is 102 Å². The third-order valence-electron chi connectivity index (χ3n) is 3.42. The highest BCUT2D eigenvalue weighted by Gasteiger charge is 2.45. The third kappa shape index (κ3) is 2.07. The molecule has 0 fully saturated rings. The zero-order chi connectivity index (χ0) is 12.5. The van der Waals surface area contributed by atoms with Crippen molar-refractivity contribution in [2.45, 2.75) is 38.7 Å². The second-order valence-electron chi connectivity index (χ2n) is 4.96. The maximum Gasteiger partial charge on any atom is 0.261 e. The van der Waals surface area contributed by atoms with E-state index in [4.69, 9.17) is 0 Å². The van der Waals surface area contributed by atoms with Crippen LogP contribution in [0.15, 0.2) is 24.3 Å². The summed E-state index contributed by atoms with van der Waals surface area (Å²) in [6.07, 6.45) is 2.59. The number of hydrogen-bond acceptors (Lipinski definition) is 2. The van der Waals surface area contributed by atoms with Gasteiger partial charge in [0.25, 0.3) is 5.91 Å². The molecule has 1 aromatic rings. The average molecular weight is 233 g/mol. The monoisotopic (exact) mass is 233 g/mol. The zero-order valence-electron chi connectivity index (χ0n) is 10.4. The normalized spacial score (nSPS) is 24.3. The average Bonchev–Trinajstić information content (AvgIpc) is 2.52. The number of rotatable bonds is 4. The van der Waals surface area contributed by atoms with Crippen molar-refractivity contribution in [3.8, 4) is 0 Å². The lowest BCUT2D eigenvalue weighted by atomic mass is 9.84. The maximum absolute atomic E-state index is 11.9. The van der Waals surface area contributed by atoms with Crippen LogP contribution in [0.1, 0.15) is 38.7 Å². The number of amides is 1. The lowest BCUT2D eigenvalue weighted by Crippen LogP contribution is -2.35. The number of carbonyl (C=O) groups is 1. The molecule has 17 heavy (non-hydrogen) atoms. The molecule has 3 heteroatoms. The Bertz CT molecular complexity index is 430. The van der Waals surface area contributed by atoms with Crippen LogP contribution < -0.4 is 5.32 Å². The molecular formula is C14H19NO2. The quantitative estimate of drug-likeness (QED) is 0.840. The summed E-state index contributed by atoms with van der Waals surface area (Å²) in [6.45, 7) is 4.19. The summed E-state index contributed by atoms with van der Waals surface area (Å²) in [6, 6.07) is 7.37. The van der Waals surface area contributed by atoms with E-state index >= 15 is 0 Å². The number of anilines is 1. The first kappa shape index (κ1) is 12.1. The second kappa shape index (κ2) is 4.49. The smallest absolute Gasteiger partial charge is 0.261 e. The number of hydrogen-bond donors (Lipinski definition) is 2. The minimum Gasteiger partial charge on any atom is -0.375 e. The highest BCUT2D eigenvalue weighted by atomic mass is 16.3. The SMILES string of the molecule is CCCC(C)CC1(O)C(=O)Nc2ccccc21. The number of para-hydroxylation sites is 1. The van der Waals surface area contributed by atoms with E-state index in [2.05, 4.69) is 19.2 Å². The van der Waals surface area contributed by atoms with Crippen LogP contribution in [0.4, 0.5) is 5.69 Å². The van der Waals surface area contributed by atoms with E-state index < -0.39 is 5.60 Å². The Balaban J connectivity index is 2.27. The van der Waals surface area contributed by atoms with Crippen LogP contribution in [-0.4, -0.2) is 11.0 Å². The summed E-state index contributed by atoms with van der Waals surface area (Å²) >= 11 is 0. The van der Waals surface area contributed by atoms with Gasteiger partial charge in [0.1, 0.15) is 0 Å². The summed E-state index contributed by atoms with van der Waals surface area (Å²) < 4.78 is 0. The number of aliphatic hydroxyl groups is 1. The standard InChI is InChI=1S/C14H19NO2/c1-3-6-10(2)9-14(17)11-7-4-5-8-12(11)15-13(14)16/h4-5,7-8,10,17H,3,6,9H2,1-2H3,(H,15,16). The molecule has 1 aliphatic heterocycles. The molecule has 1 aliphatic rings. The number of nitrogens with one attached hydrogen (secondary N) is 1. The van der Waals surface area contributed by atoms with Gasteiger partial charge in [0.2, 0.25) is 0 Å². The predicted octanol–water partition coefficient (Wildman–Crippen LogP) is 2.65. The van der Waals surface area contributed by atoms with Crippen LogP contribution in [0.25, 0.3) is 0 Å². The minimum absolute atomic E-state index is 0.290. The van der Waals surface area contributed by atoms with Crippen LogP contribution in [0, 0.1) is 5.92 Å². The van der Waals surface area contributed by atoms with Crippen molar-refractivity contribution in [2.75, 3.05) is 5.32 Å². The van der Waals surface area contributed by atoms with Gasteiger partial charge in [-0.15, -0.1) is 0 Å². The van der Waals surface area contributed by atoms with Gasteiger partial charge in [0, 0.05) is 11.3 Å². The van der Waals surface area contributed by atoms with Gasteiger partial charge in [0.15, 0.2) is 5.60 Å². The summed E-state index contributed by atoms with van der Waals surface area (Å²) in [7, 11) is 0. The number of fused-ring (bicyclic) bond motifs is 1. The molecule has 2 unspecified atom stereocenters. The van der Waals surface area contributed by atoms with Gasteiger partial charge in [-0.25, -0.2) is 0 Å². The fourth-order valence-corrected chi connectivity index (χ4v) is 2.60. The summed E-state index contributed by atoms with van der Waals surface area (Å²) in [5, 5.41) is 13.3. The Morgan fingerprint density at radius 2 is 2.12 bits per heavy atom. The molecule has 2 atom stereocenters. The number of benzene rings is 1. The minimum atomic E-state index is -1.34. The maximum atomic E-state index is 11.9. The molecule has 2 N–H and O–H groups in total. The molecule has 3 nitrogen and oxygen atoms in total. The van der Waals surface area contributed by atoms with Gasteiger partial charge < -0.3 is 10.4 Å². The number of carbonyl (C=O) groups excluding carboxylic acids is 1. The van der Waals surface area contributed by atoms with E-state index in [1.54, 1.807) is 0 Å². The molecule has 2 rings (SSSR count). The van der Waals surface area contributed by atoms with Crippen molar-refractivity contribution < 1.29 is 9.90 Å². The van der Waals surface area contributed by atoms with E-state index in [9.17, 15) is 9.90 Å². The summed E-state index contributed by atoms with van der Waals surface area (Å²) in [5.41, 5.74) is 0.113. The van der Waals surface area contributed by atoms with Crippen molar-refractivity contribution in [1.29, 1.82) is 0 Å². The topological polar surface area (TPSA) is 49.3 Å². The summed E-state index contributed by atoms with van der Waals surface area (Å²) in [5.74, 6) is 0.0450. The molecule has 0 spiro atoms. The largest absolute Gasteiger partial charge is 0.375 e. The Kier molecular flexibility index (Phi) is 3.20. The molecule has 1 amide bonds. The first-order valence-corrected chi connectivity index (χ1v) is 6.21. The highest BCUT2D eigenvalue weighted by molar-refractivity contribution is 6.04. The fraction of sp³-hybridized carbons (Fsp3) is 0.500. The van der Waals surface area contributed by atoms with E-state index in [0.717, 1.165) is 18.5 Å². The first-order valence-electron chi connectivity index (χ1n) is 6.21. The highest BCUT2D eigenvalue weighted by Crippen LogP contribution is 2.40. The Morgan fingerprint density at radius 3 is 2.82 bits per heavy atom. The fourth-order valence-electron chi connectivity index (χ4n) is 2.60. The molecule has 1 heterocycles. The van der Waals surface area contributed by atoms with Crippen molar-refractivity contribution in [1.82, 2.24) is 0 Å². The van der Waals surface area contributed by atoms with Crippen LogP contribution in [0.2, 0.25) is 0 Å². The molecule has 0 radical (unpaired) electrons. The second-order valence-corrected chi connectivity index (χ2v) is 4.96. The molecule has 0 bridgehead atoms. The van der Waals surface area contributed by atoms with E-state index in [0.29, 0.717) is 17.9 Å². The van der Waals surface area contributed by atoms with Gasteiger partial charge in [-0.3, -0.25) is 4.79 Å². The molecular weight excluding hydrogens is 214 g/mol. The molecule has 0 saturated carbocycles. The molecule has 0 saturated heterocycles. The lowest BCUT2D eigenvalue weighted by Gasteiger charge is -2.24. The van der Waals surface area contributed by atoms with Crippen molar-refractivity contribution in [2.24, 2.45) is 5.92 Å². The van der Waals surface area contributed by atoms with Gasteiger partial charge >= 0.3 is 0 Å². The van der Waals surface area contributed by atoms with Crippen molar-refractivity contribution in [3.05, 3.63) is 29.8 Å². The molecule has 0 aliphatic carbocycles. The zero-order valence-corrected chi connectivity index (χ0v) is 10.4. The van der Waals surface area contributed by atoms with Gasteiger partial charge in [-0.1, -0.05) is 44.9 Å². The molecule has 1 aromatic carbocycles. The van der Waals surface area contributed by atoms with Crippen LogP contribution >= 0.6 is 0 Å². The van der Waals surface area contributed by atoms with E-state index in [1.165, 1.54) is 0 Å². The van der Waals surface area contributed by atoms with E-state index in [1.807, 2.05) is 24.3 Å². The summed E-state index contributed by atoms with van der Waals surface area (Å²) in [4.78, 5) is 11.9. The predicted molar refractivity (Wildman–Crippen MR) is 67.7 cm³/mol. The lowest BCUT2D eigenvalue weighted by molar-refractivity contribution is -0.135.